The number of halogens is 1. The van der Waals surface area contributed by atoms with Crippen molar-refractivity contribution < 1.29 is 8.95 Å². The van der Waals surface area contributed by atoms with E-state index in [-0.39, 0.29) is 0 Å². The molecule has 0 radical (unpaired) electrons. The van der Waals surface area contributed by atoms with Crippen LogP contribution in [0.3, 0.4) is 0 Å². The summed E-state index contributed by atoms with van der Waals surface area (Å²) in [5.41, 5.74) is 9.52. The SMILES string of the molecule is Cc1cc(S(=O)Nc2cc(C)c(-c3ccc4c(c3)CCCO4)c(C(C)C3CC3)c2C)ccc1Cl. The van der Waals surface area contributed by atoms with E-state index in [0.29, 0.717) is 10.9 Å². The third-order valence-electron chi connectivity index (χ3n) is 7.36. The fraction of sp³-hybridized carbons (Fsp3) is 0.379. The van der Waals surface area contributed by atoms with Gasteiger partial charge in [-0.15, -0.1) is 0 Å². The molecule has 1 saturated carbocycles. The quantitative estimate of drug-likeness (QED) is 0.379. The van der Waals surface area contributed by atoms with Crippen LogP contribution in [-0.2, 0) is 17.4 Å². The predicted molar refractivity (Wildman–Crippen MR) is 143 cm³/mol. The van der Waals surface area contributed by atoms with Crippen molar-refractivity contribution in [3.05, 3.63) is 75.3 Å². The molecule has 2 unspecified atom stereocenters. The van der Waals surface area contributed by atoms with Crippen LogP contribution in [0.2, 0.25) is 5.02 Å². The summed E-state index contributed by atoms with van der Waals surface area (Å²) in [7, 11) is -1.37. The number of hydrogen-bond donors (Lipinski definition) is 1. The van der Waals surface area contributed by atoms with Gasteiger partial charge in [0.1, 0.15) is 16.7 Å². The molecule has 2 aliphatic rings. The molecule has 1 N–H and O–H groups in total. The second kappa shape index (κ2) is 9.39. The molecule has 1 heterocycles. The van der Waals surface area contributed by atoms with Gasteiger partial charge >= 0.3 is 0 Å². The third kappa shape index (κ3) is 4.50. The lowest BCUT2D eigenvalue weighted by Gasteiger charge is -2.25. The molecular weight excluding hydrogens is 462 g/mol. The molecule has 3 nitrogen and oxygen atoms in total. The average Bonchev–Trinajstić information content (AvgIpc) is 3.67. The van der Waals surface area contributed by atoms with Crippen molar-refractivity contribution >= 4 is 28.3 Å². The van der Waals surface area contributed by atoms with E-state index >= 15 is 0 Å². The zero-order valence-corrected chi connectivity index (χ0v) is 21.9. The number of benzene rings is 3. The van der Waals surface area contributed by atoms with Crippen LogP contribution in [0, 0.1) is 26.7 Å². The van der Waals surface area contributed by atoms with Crippen LogP contribution in [0.5, 0.6) is 5.75 Å². The summed E-state index contributed by atoms with van der Waals surface area (Å²) in [6.07, 6.45) is 4.70. The fourth-order valence-electron chi connectivity index (χ4n) is 5.24. The Labute approximate surface area is 210 Å². The fourth-order valence-corrected chi connectivity index (χ4v) is 6.36. The lowest BCUT2D eigenvalue weighted by Crippen LogP contribution is -2.11. The minimum absolute atomic E-state index is 0.453. The van der Waals surface area contributed by atoms with Gasteiger partial charge in [-0.2, -0.15) is 0 Å². The van der Waals surface area contributed by atoms with Crippen LogP contribution in [0.15, 0.2) is 47.4 Å². The van der Waals surface area contributed by atoms with E-state index in [1.54, 1.807) is 0 Å². The molecule has 1 aliphatic carbocycles. The molecule has 2 atom stereocenters. The Balaban J connectivity index is 1.57. The maximum Gasteiger partial charge on any atom is 0.150 e. The van der Waals surface area contributed by atoms with Crippen molar-refractivity contribution in [1.82, 2.24) is 0 Å². The Morgan fingerprint density at radius 3 is 2.59 bits per heavy atom. The number of anilines is 1. The first-order valence-electron chi connectivity index (χ1n) is 12.2. The first kappa shape index (κ1) is 23.4. The van der Waals surface area contributed by atoms with Crippen molar-refractivity contribution in [3.8, 4) is 16.9 Å². The largest absolute Gasteiger partial charge is 0.493 e. The second-order valence-electron chi connectivity index (χ2n) is 9.84. The van der Waals surface area contributed by atoms with E-state index in [1.807, 2.05) is 25.1 Å². The molecule has 0 aromatic heterocycles. The van der Waals surface area contributed by atoms with Gasteiger partial charge in [-0.05, 0) is 134 Å². The molecule has 1 aliphatic heterocycles. The van der Waals surface area contributed by atoms with E-state index < -0.39 is 11.0 Å². The summed E-state index contributed by atoms with van der Waals surface area (Å²) in [5, 5.41) is 0.688. The number of fused-ring (bicyclic) bond motifs is 1. The third-order valence-corrected chi connectivity index (χ3v) is 8.87. The minimum Gasteiger partial charge on any atom is -0.493 e. The Kier molecular flexibility index (Phi) is 6.47. The molecule has 1 fully saturated rings. The minimum atomic E-state index is -1.37. The number of ether oxygens (including phenoxy) is 1. The molecule has 3 aromatic rings. The zero-order chi connectivity index (χ0) is 24.0. The first-order valence-corrected chi connectivity index (χ1v) is 13.7. The summed E-state index contributed by atoms with van der Waals surface area (Å²) < 4.78 is 22.4. The van der Waals surface area contributed by atoms with E-state index in [4.69, 9.17) is 16.3 Å². The van der Waals surface area contributed by atoms with Gasteiger partial charge in [0.2, 0.25) is 0 Å². The molecule has 178 valence electrons. The highest BCUT2D eigenvalue weighted by Crippen LogP contribution is 2.48. The monoisotopic (exact) mass is 493 g/mol. The van der Waals surface area contributed by atoms with Crippen LogP contribution in [0.4, 0.5) is 5.69 Å². The van der Waals surface area contributed by atoms with Crippen LogP contribution in [0.25, 0.3) is 11.1 Å². The lowest BCUT2D eigenvalue weighted by atomic mass is 9.82. The van der Waals surface area contributed by atoms with Gasteiger partial charge in [0.15, 0.2) is 0 Å². The molecule has 34 heavy (non-hydrogen) atoms. The van der Waals surface area contributed by atoms with Gasteiger partial charge in [0.25, 0.3) is 0 Å². The van der Waals surface area contributed by atoms with Gasteiger partial charge in [-0.25, -0.2) is 4.21 Å². The van der Waals surface area contributed by atoms with Crippen molar-refractivity contribution in [2.75, 3.05) is 11.3 Å². The summed E-state index contributed by atoms with van der Waals surface area (Å²) in [6.45, 7) is 9.44. The normalized spacial score (nSPS) is 17.0. The Hall–Kier alpha value is -2.30. The van der Waals surface area contributed by atoms with Crippen molar-refractivity contribution in [2.45, 2.75) is 64.2 Å². The number of nitrogens with one attached hydrogen (secondary N) is 1. The first-order chi connectivity index (χ1) is 16.3. The highest BCUT2D eigenvalue weighted by atomic mass is 35.5. The van der Waals surface area contributed by atoms with Gasteiger partial charge < -0.3 is 9.46 Å². The smallest absolute Gasteiger partial charge is 0.150 e. The Morgan fingerprint density at radius 2 is 1.85 bits per heavy atom. The van der Waals surface area contributed by atoms with Crippen molar-refractivity contribution in [2.24, 2.45) is 5.92 Å². The number of hydrogen-bond acceptors (Lipinski definition) is 2. The maximum atomic E-state index is 13.2. The van der Waals surface area contributed by atoms with Gasteiger partial charge in [0, 0.05) is 5.02 Å². The van der Waals surface area contributed by atoms with E-state index in [2.05, 4.69) is 49.8 Å². The molecule has 5 rings (SSSR count). The van der Waals surface area contributed by atoms with E-state index in [9.17, 15) is 4.21 Å². The topological polar surface area (TPSA) is 38.3 Å². The Bertz CT molecular complexity index is 1280. The zero-order valence-electron chi connectivity index (χ0n) is 20.3. The van der Waals surface area contributed by atoms with E-state index in [1.165, 1.54) is 46.2 Å². The summed E-state index contributed by atoms with van der Waals surface area (Å²) in [6, 6.07) is 14.4. The number of rotatable bonds is 6. The summed E-state index contributed by atoms with van der Waals surface area (Å²) in [4.78, 5) is 0.731. The molecule has 0 saturated heterocycles. The maximum absolute atomic E-state index is 13.2. The molecule has 0 amide bonds. The van der Waals surface area contributed by atoms with Crippen LogP contribution in [0.1, 0.15) is 59.9 Å². The summed E-state index contributed by atoms with van der Waals surface area (Å²) >= 11 is 6.18. The number of aryl methyl sites for hydroxylation is 3. The van der Waals surface area contributed by atoms with Crippen molar-refractivity contribution in [3.63, 3.8) is 0 Å². The van der Waals surface area contributed by atoms with Crippen molar-refractivity contribution in [1.29, 1.82) is 0 Å². The van der Waals surface area contributed by atoms with Crippen LogP contribution >= 0.6 is 11.6 Å². The van der Waals surface area contributed by atoms with Gasteiger partial charge in [0.05, 0.1) is 17.2 Å². The second-order valence-corrected chi connectivity index (χ2v) is 11.5. The molecule has 5 heteroatoms. The molecule has 0 spiro atoms. The summed E-state index contributed by atoms with van der Waals surface area (Å²) in [5.74, 6) is 2.19. The highest BCUT2D eigenvalue weighted by molar-refractivity contribution is 7.86. The lowest BCUT2D eigenvalue weighted by molar-refractivity contribution is 0.288. The molecule has 3 aromatic carbocycles. The highest BCUT2D eigenvalue weighted by Gasteiger charge is 2.33. The molecule has 0 bridgehead atoms. The predicted octanol–water partition coefficient (Wildman–Crippen LogP) is 7.91. The van der Waals surface area contributed by atoms with Gasteiger partial charge in [-0.3, -0.25) is 0 Å². The van der Waals surface area contributed by atoms with E-state index in [0.717, 1.165) is 47.3 Å². The standard InChI is InChI=1S/C29H32ClNO2S/c1-17-14-24(10-11-25(17)30)34(32)31-26-15-18(2)28(29(20(26)4)19(3)21-7-8-21)23-9-12-27-22(16-23)6-5-13-33-27/h9-12,14-16,19,21,31H,5-8,13H2,1-4H3. The Morgan fingerprint density at radius 1 is 1.06 bits per heavy atom. The van der Waals surface area contributed by atoms with Crippen LogP contribution < -0.4 is 9.46 Å². The molecular formula is C29H32ClNO2S. The van der Waals surface area contributed by atoms with Gasteiger partial charge in [-0.1, -0.05) is 24.6 Å². The van der Waals surface area contributed by atoms with Crippen LogP contribution in [-0.4, -0.2) is 10.8 Å². The average molecular weight is 494 g/mol.